The molecule has 2 rings (SSSR count). The Kier molecular flexibility index (Phi) is 6.24. The zero-order valence-corrected chi connectivity index (χ0v) is 12.6. The molecule has 0 aliphatic carbocycles. The molecule has 0 aromatic heterocycles. The second-order valence-electron chi connectivity index (χ2n) is 3.59. The fourth-order valence-electron chi connectivity index (χ4n) is 1.66. The van der Waals surface area contributed by atoms with E-state index in [2.05, 4.69) is 21.9 Å². The van der Waals surface area contributed by atoms with Crippen LogP contribution >= 0.6 is 23.2 Å². The van der Waals surface area contributed by atoms with Gasteiger partial charge >= 0.3 is 0 Å². The van der Waals surface area contributed by atoms with Gasteiger partial charge in [0.1, 0.15) is 11.6 Å². The largest absolute Gasteiger partial charge is 0.495 e. The normalized spacial score (nSPS) is 16.9. The number of hydrogen-bond donors (Lipinski definition) is 4. The molecule has 1 aliphatic heterocycles. The fourth-order valence-corrected chi connectivity index (χ4v) is 2.18. The molecule has 5 nitrogen and oxygen atoms in total. The second kappa shape index (κ2) is 7.45. The SMILES string of the molecule is CN.CNC1=CC(c2cc(Cl)c(OC)cc2Cl)NN1. The minimum absolute atomic E-state index is 0.0200. The molecule has 1 heterocycles. The third-order valence-electron chi connectivity index (χ3n) is 2.57. The van der Waals surface area contributed by atoms with Gasteiger partial charge in [0.05, 0.1) is 18.2 Å². The van der Waals surface area contributed by atoms with Gasteiger partial charge in [0.2, 0.25) is 0 Å². The lowest BCUT2D eigenvalue weighted by molar-refractivity contribution is 0.414. The molecule has 1 aromatic rings. The molecular weight excluding hydrogens is 287 g/mol. The Labute approximate surface area is 123 Å². The maximum Gasteiger partial charge on any atom is 0.138 e. The third-order valence-corrected chi connectivity index (χ3v) is 3.19. The van der Waals surface area contributed by atoms with E-state index in [-0.39, 0.29) is 6.04 Å². The predicted octanol–water partition coefficient (Wildman–Crippen LogP) is 1.79. The van der Waals surface area contributed by atoms with Crippen molar-refractivity contribution in [1.29, 1.82) is 0 Å². The molecule has 0 saturated carbocycles. The van der Waals surface area contributed by atoms with E-state index >= 15 is 0 Å². The van der Waals surface area contributed by atoms with E-state index < -0.39 is 0 Å². The van der Waals surface area contributed by atoms with Gasteiger partial charge in [-0.25, -0.2) is 5.43 Å². The summed E-state index contributed by atoms with van der Waals surface area (Å²) in [6.07, 6.45) is 1.99. The average Bonchev–Trinajstić information content (AvgIpc) is 2.91. The lowest BCUT2D eigenvalue weighted by atomic mass is 10.1. The lowest BCUT2D eigenvalue weighted by Crippen LogP contribution is -2.30. The van der Waals surface area contributed by atoms with Gasteiger partial charge in [-0.2, -0.15) is 0 Å². The van der Waals surface area contributed by atoms with Crippen molar-refractivity contribution in [3.8, 4) is 5.75 Å². The molecule has 1 atom stereocenters. The first-order valence-electron chi connectivity index (χ1n) is 5.67. The zero-order chi connectivity index (χ0) is 14.4. The topological polar surface area (TPSA) is 71.3 Å². The highest BCUT2D eigenvalue weighted by atomic mass is 35.5. The summed E-state index contributed by atoms with van der Waals surface area (Å²) in [5, 5.41) is 4.16. The summed E-state index contributed by atoms with van der Waals surface area (Å²) in [4.78, 5) is 0. The van der Waals surface area contributed by atoms with Crippen LogP contribution in [-0.4, -0.2) is 21.2 Å². The molecule has 7 heteroatoms. The summed E-state index contributed by atoms with van der Waals surface area (Å²) in [5.74, 6) is 1.47. The summed E-state index contributed by atoms with van der Waals surface area (Å²) in [7, 11) is 4.90. The van der Waals surface area contributed by atoms with Crippen molar-refractivity contribution >= 4 is 23.2 Å². The highest BCUT2D eigenvalue weighted by Gasteiger charge is 2.20. The number of hydrogen-bond acceptors (Lipinski definition) is 5. The number of nitrogens with two attached hydrogens (primary N) is 1. The quantitative estimate of drug-likeness (QED) is 0.685. The molecule has 19 heavy (non-hydrogen) atoms. The molecule has 0 saturated heterocycles. The first kappa shape index (κ1) is 15.9. The Morgan fingerprint density at radius 1 is 1.26 bits per heavy atom. The Bertz CT molecular complexity index is 465. The van der Waals surface area contributed by atoms with E-state index in [0.717, 1.165) is 11.4 Å². The predicted molar refractivity (Wildman–Crippen MR) is 79.3 cm³/mol. The van der Waals surface area contributed by atoms with Crippen molar-refractivity contribution in [2.75, 3.05) is 21.2 Å². The molecule has 0 spiro atoms. The van der Waals surface area contributed by atoms with Crippen molar-refractivity contribution < 1.29 is 4.74 Å². The number of ether oxygens (including phenoxy) is 1. The van der Waals surface area contributed by atoms with E-state index in [4.69, 9.17) is 27.9 Å². The van der Waals surface area contributed by atoms with Crippen LogP contribution in [0.3, 0.4) is 0 Å². The Morgan fingerprint density at radius 2 is 1.95 bits per heavy atom. The maximum absolute atomic E-state index is 6.20. The van der Waals surface area contributed by atoms with Crippen molar-refractivity contribution in [3.63, 3.8) is 0 Å². The van der Waals surface area contributed by atoms with E-state index in [0.29, 0.717) is 15.8 Å². The number of methoxy groups -OCH3 is 1. The van der Waals surface area contributed by atoms with Gasteiger partial charge in [0.15, 0.2) is 0 Å². The summed E-state index contributed by atoms with van der Waals surface area (Å²) in [5.41, 5.74) is 11.5. The molecule has 0 bridgehead atoms. The van der Waals surface area contributed by atoms with E-state index in [1.807, 2.05) is 13.1 Å². The van der Waals surface area contributed by atoms with Crippen LogP contribution in [-0.2, 0) is 0 Å². The van der Waals surface area contributed by atoms with Gasteiger partial charge in [-0.3, -0.25) is 0 Å². The van der Waals surface area contributed by atoms with Gasteiger partial charge in [-0.1, -0.05) is 23.2 Å². The van der Waals surface area contributed by atoms with E-state index in [9.17, 15) is 0 Å². The zero-order valence-electron chi connectivity index (χ0n) is 11.1. The molecule has 1 aliphatic rings. The number of halogens is 2. The number of nitrogens with one attached hydrogen (secondary N) is 3. The third kappa shape index (κ3) is 3.67. The summed E-state index contributed by atoms with van der Waals surface area (Å²) >= 11 is 12.3. The molecule has 106 valence electrons. The van der Waals surface area contributed by atoms with Gasteiger partial charge in [-0.05, 0) is 24.8 Å². The van der Waals surface area contributed by atoms with Crippen LogP contribution < -0.4 is 26.6 Å². The van der Waals surface area contributed by atoms with Crippen LogP contribution in [0.5, 0.6) is 5.75 Å². The van der Waals surface area contributed by atoms with Crippen molar-refractivity contribution in [3.05, 3.63) is 39.6 Å². The van der Waals surface area contributed by atoms with Crippen molar-refractivity contribution in [1.82, 2.24) is 16.2 Å². The summed E-state index contributed by atoms with van der Waals surface area (Å²) in [6, 6.07) is 3.50. The molecule has 0 radical (unpaired) electrons. The molecule has 1 aromatic carbocycles. The standard InChI is InChI=1S/C11H13Cl2N3O.CH5N/c1-14-11-5-9(15-16-11)6-3-8(13)10(17-2)4-7(6)12;1-2/h3-5,9,14-16H,1-2H3;2H2,1H3. The summed E-state index contributed by atoms with van der Waals surface area (Å²) in [6.45, 7) is 0. The summed E-state index contributed by atoms with van der Waals surface area (Å²) < 4.78 is 5.11. The fraction of sp³-hybridized carbons (Fsp3) is 0.333. The number of hydrazine groups is 1. The lowest BCUT2D eigenvalue weighted by Gasteiger charge is -2.13. The highest BCUT2D eigenvalue weighted by molar-refractivity contribution is 6.34. The molecule has 0 amide bonds. The Morgan fingerprint density at radius 3 is 2.47 bits per heavy atom. The van der Waals surface area contributed by atoms with Crippen LogP contribution in [0.4, 0.5) is 0 Å². The van der Waals surface area contributed by atoms with Gasteiger partial charge in [-0.15, -0.1) is 0 Å². The maximum atomic E-state index is 6.20. The van der Waals surface area contributed by atoms with Gasteiger partial charge in [0.25, 0.3) is 0 Å². The molecular formula is C12H18Cl2N4O. The Hall–Kier alpha value is -1.14. The minimum Gasteiger partial charge on any atom is -0.495 e. The molecule has 5 N–H and O–H groups in total. The second-order valence-corrected chi connectivity index (χ2v) is 4.40. The van der Waals surface area contributed by atoms with Crippen molar-refractivity contribution in [2.24, 2.45) is 5.73 Å². The smallest absolute Gasteiger partial charge is 0.138 e. The van der Waals surface area contributed by atoms with Gasteiger partial charge < -0.3 is 21.2 Å². The van der Waals surface area contributed by atoms with Crippen LogP contribution in [0.2, 0.25) is 10.0 Å². The Balaban J connectivity index is 0.000000861. The van der Waals surface area contributed by atoms with Gasteiger partial charge in [0, 0.05) is 18.1 Å². The van der Waals surface area contributed by atoms with Crippen molar-refractivity contribution in [2.45, 2.75) is 6.04 Å². The molecule has 0 fully saturated rings. The number of rotatable bonds is 3. The monoisotopic (exact) mass is 304 g/mol. The molecule has 1 unspecified atom stereocenters. The average molecular weight is 305 g/mol. The highest BCUT2D eigenvalue weighted by Crippen LogP contribution is 2.35. The van der Waals surface area contributed by atoms with Crippen LogP contribution in [0.1, 0.15) is 11.6 Å². The van der Waals surface area contributed by atoms with E-state index in [1.165, 1.54) is 7.05 Å². The first-order chi connectivity index (χ1) is 9.15. The van der Waals surface area contributed by atoms with Crippen LogP contribution in [0.15, 0.2) is 24.0 Å². The first-order valence-corrected chi connectivity index (χ1v) is 6.43. The van der Waals surface area contributed by atoms with Crippen LogP contribution in [0, 0.1) is 0 Å². The van der Waals surface area contributed by atoms with Crippen LogP contribution in [0.25, 0.3) is 0 Å². The van der Waals surface area contributed by atoms with E-state index in [1.54, 1.807) is 19.2 Å². The number of benzene rings is 1. The minimum atomic E-state index is -0.0200.